The number of allylic oxidation sites excluding steroid dienone is 20. The highest BCUT2D eigenvalue weighted by atomic mass is 16.6. The minimum Gasteiger partial charge on any atom is -0.462 e. The maximum atomic E-state index is 12.8. The Morgan fingerprint density at radius 3 is 0.903 bits per heavy atom. The second-order valence-corrected chi connectivity index (χ2v) is 19.2. The van der Waals surface area contributed by atoms with Crippen molar-refractivity contribution < 1.29 is 28.6 Å². The monoisotopic (exact) mass is 997 g/mol. The summed E-state index contributed by atoms with van der Waals surface area (Å²) < 4.78 is 16.8. The molecule has 0 aromatic heterocycles. The Hall–Kier alpha value is -4.19. The van der Waals surface area contributed by atoms with Gasteiger partial charge in [-0.25, -0.2) is 0 Å². The predicted octanol–water partition coefficient (Wildman–Crippen LogP) is 20.0. The minimum absolute atomic E-state index is 0.102. The molecule has 0 fully saturated rings. The number of ether oxygens (including phenoxy) is 3. The summed E-state index contributed by atoms with van der Waals surface area (Å²) in [5.74, 6) is -0.966. The van der Waals surface area contributed by atoms with E-state index in [4.69, 9.17) is 14.2 Å². The van der Waals surface area contributed by atoms with Gasteiger partial charge in [0.15, 0.2) is 6.10 Å². The van der Waals surface area contributed by atoms with Crippen LogP contribution in [0.15, 0.2) is 122 Å². The molecule has 0 bridgehead atoms. The van der Waals surface area contributed by atoms with E-state index in [9.17, 15) is 14.4 Å². The molecule has 0 heterocycles. The molecule has 0 radical (unpaired) electrons. The Balaban J connectivity index is 4.43. The van der Waals surface area contributed by atoms with Crippen molar-refractivity contribution in [3.63, 3.8) is 0 Å². The number of carbonyl (C=O) groups is 3. The molecule has 6 heteroatoms. The lowest BCUT2D eigenvalue weighted by atomic mass is 10.1. The molecule has 72 heavy (non-hydrogen) atoms. The number of esters is 3. The predicted molar refractivity (Wildman–Crippen MR) is 311 cm³/mol. The zero-order valence-corrected chi connectivity index (χ0v) is 46.7. The van der Waals surface area contributed by atoms with E-state index in [2.05, 4.69) is 142 Å². The van der Waals surface area contributed by atoms with Crippen molar-refractivity contribution in [2.24, 2.45) is 0 Å². The maximum Gasteiger partial charge on any atom is 0.306 e. The van der Waals surface area contributed by atoms with Gasteiger partial charge >= 0.3 is 17.9 Å². The highest BCUT2D eigenvalue weighted by Crippen LogP contribution is 2.13. The summed E-state index contributed by atoms with van der Waals surface area (Å²) in [6, 6.07) is 0. The van der Waals surface area contributed by atoms with Gasteiger partial charge in [0.25, 0.3) is 0 Å². The van der Waals surface area contributed by atoms with Crippen molar-refractivity contribution in [3.8, 4) is 0 Å². The van der Waals surface area contributed by atoms with Crippen LogP contribution in [0.25, 0.3) is 0 Å². The van der Waals surface area contributed by atoms with Crippen molar-refractivity contribution >= 4 is 17.9 Å². The van der Waals surface area contributed by atoms with Gasteiger partial charge in [-0.1, -0.05) is 226 Å². The van der Waals surface area contributed by atoms with Crippen LogP contribution in [0.3, 0.4) is 0 Å². The number of unbranched alkanes of at least 4 members (excludes halogenated alkanes) is 21. The summed E-state index contributed by atoms with van der Waals surface area (Å²) in [4.78, 5) is 38.1. The molecular formula is C66H108O6. The van der Waals surface area contributed by atoms with Gasteiger partial charge in [0.2, 0.25) is 0 Å². The molecule has 0 amide bonds. The number of rotatable bonds is 52. The summed E-state index contributed by atoms with van der Waals surface area (Å²) in [6.45, 7) is 6.45. The van der Waals surface area contributed by atoms with Gasteiger partial charge in [-0.2, -0.15) is 0 Å². The molecule has 408 valence electrons. The van der Waals surface area contributed by atoms with Crippen LogP contribution >= 0.6 is 0 Å². The third-order valence-electron chi connectivity index (χ3n) is 12.2. The standard InChI is InChI=1S/C66H108O6/c1-4-7-10-13-16-19-22-25-27-28-29-30-31-32-33-34-35-36-37-38-39-42-44-47-50-53-56-59-65(68)71-62-63(61-70-64(67)58-55-52-49-46-43-40-24-21-18-15-12-9-6-3)72-66(69)60-57-54-51-48-45-41-26-23-20-17-14-11-8-5-2/h7,10,16,19,21,23-27,29-30,32-33,35-36,38-39,44,47,63H,4-6,8-9,11-15,17-18,20,22,28,31,34,37,40-43,45-46,48-62H2,1-3H3/b10-7-,19-16-,24-21-,26-23-,27-25-,30-29-,33-32-,36-35-,39-38-,47-44-. The Morgan fingerprint density at radius 2 is 0.542 bits per heavy atom. The Morgan fingerprint density at radius 1 is 0.292 bits per heavy atom. The first-order valence-corrected chi connectivity index (χ1v) is 29.5. The topological polar surface area (TPSA) is 78.9 Å². The molecule has 1 unspecified atom stereocenters. The van der Waals surface area contributed by atoms with E-state index < -0.39 is 6.10 Å². The third-order valence-corrected chi connectivity index (χ3v) is 12.2. The summed E-state index contributed by atoms with van der Waals surface area (Å²) in [5.41, 5.74) is 0. The average molecular weight is 998 g/mol. The SMILES string of the molecule is CC/C=C\C/C=C\C/C=C\C/C=C\C/C=C\C/C=C\C/C=C\C/C=C\CCCCC(=O)OCC(COC(=O)CCCCCCC/C=C\CCCCCC)OC(=O)CCCCCCC/C=C\CCCCCCC. The van der Waals surface area contributed by atoms with Crippen LogP contribution in [0.5, 0.6) is 0 Å². The van der Waals surface area contributed by atoms with Gasteiger partial charge in [0, 0.05) is 19.3 Å². The zero-order chi connectivity index (χ0) is 52.2. The fourth-order valence-corrected chi connectivity index (χ4v) is 7.74. The van der Waals surface area contributed by atoms with E-state index in [1.54, 1.807) is 0 Å². The zero-order valence-electron chi connectivity index (χ0n) is 46.7. The van der Waals surface area contributed by atoms with E-state index in [1.165, 1.54) is 83.5 Å². The lowest BCUT2D eigenvalue weighted by Gasteiger charge is -2.18. The van der Waals surface area contributed by atoms with Crippen LogP contribution in [-0.2, 0) is 28.6 Å². The largest absolute Gasteiger partial charge is 0.462 e. The van der Waals surface area contributed by atoms with Crippen molar-refractivity contribution in [2.75, 3.05) is 13.2 Å². The van der Waals surface area contributed by atoms with Gasteiger partial charge in [-0.15, -0.1) is 0 Å². The first kappa shape index (κ1) is 67.8. The number of carbonyl (C=O) groups excluding carboxylic acids is 3. The quantitative estimate of drug-likeness (QED) is 0.0261. The highest BCUT2D eigenvalue weighted by Gasteiger charge is 2.19. The van der Waals surface area contributed by atoms with E-state index in [1.807, 2.05) is 0 Å². The van der Waals surface area contributed by atoms with Crippen molar-refractivity contribution in [1.82, 2.24) is 0 Å². The molecule has 1 atom stereocenters. The van der Waals surface area contributed by atoms with Gasteiger partial charge < -0.3 is 14.2 Å². The minimum atomic E-state index is -0.807. The molecule has 0 aliphatic heterocycles. The maximum absolute atomic E-state index is 12.8. The van der Waals surface area contributed by atoms with Crippen LogP contribution in [0, 0.1) is 0 Å². The van der Waals surface area contributed by atoms with Crippen molar-refractivity contribution in [2.45, 2.75) is 264 Å². The summed E-state index contributed by atoms with van der Waals surface area (Å²) in [6.07, 6.45) is 81.9. The highest BCUT2D eigenvalue weighted by molar-refractivity contribution is 5.71. The Kier molecular flexibility index (Phi) is 55.9. The molecule has 0 N–H and O–H groups in total. The van der Waals surface area contributed by atoms with Crippen LogP contribution in [-0.4, -0.2) is 37.2 Å². The van der Waals surface area contributed by atoms with Crippen molar-refractivity contribution in [3.05, 3.63) is 122 Å². The molecule has 6 nitrogen and oxygen atoms in total. The summed E-state index contributed by atoms with van der Waals surface area (Å²) in [7, 11) is 0. The molecule has 0 aliphatic rings. The van der Waals surface area contributed by atoms with Gasteiger partial charge in [0.05, 0.1) is 0 Å². The van der Waals surface area contributed by atoms with E-state index in [0.29, 0.717) is 25.7 Å². The smallest absolute Gasteiger partial charge is 0.306 e. The summed E-state index contributed by atoms with van der Waals surface area (Å²) in [5, 5.41) is 0. The second-order valence-electron chi connectivity index (χ2n) is 19.2. The molecular weight excluding hydrogens is 889 g/mol. The first-order chi connectivity index (χ1) is 35.5. The normalized spacial score (nSPS) is 13.0. The second kappa shape index (κ2) is 59.4. The van der Waals surface area contributed by atoms with Crippen LogP contribution < -0.4 is 0 Å². The Bertz CT molecular complexity index is 1520. The van der Waals surface area contributed by atoms with Crippen LogP contribution in [0.4, 0.5) is 0 Å². The molecule has 0 aliphatic carbocycles. The number of hydrogen-bond acceptors (Lipinski definition) is 6. The molecule has 0 saturated heterocycles. The molecule has 0 spiro atoms. The van der Waals surface area contributed by atoms with Gasteiger partial charge in [0.1, 0.15) is 13.2 Å². The average Bonchev–Trinajstić information content (AvgIpc) is 3.38. The van der Waals surface area contributed by atoms with Gasteiger partial charge in [-0.05, 0) is 135 Å². The Labute approximate surface area is 443 Å². The molecule has 0 aromatic rings. The fourth-order valence-electron chi connectivity index (χ4n) is 7.74. The van der Waals surface area contributed by atoms with Crippen molar-refractivity contribution in [1.29, 1.82) is 0 Å². The van der Waals surface area contributed by atoms with Gasteiger partial charge in [-0.3, -0.25) is 14.4 Å². The molecule has 0 rings (SSSR count). The fraction of sp³-hybridized carbons (Fsp3) is 0.652. The van der Waals surface area contributed by atoms with E-state index in [-0.39, 0.29) is 31.1 Å². The number of hydrogen-bond donors (Lipinski definition) is 0. The first-order valence-electron chi connectivity index (χ1n) is 29.5. The third kappa shape index (κ3) is 56.7. The molecule has 0 aromatic carbocycles. The summed E-state index contributed by atoms with van der Waals surface area (Å²) >= 11 is 0. The molecule has 0 saturated carbocycles. The van der Waals surface area contributed by atoms with E-state index >= 15 is 0 Å². The lowest BCUT2D eigenvalue weighted by molar-refractivity contribution is -0.167. The van der Waals surface area contributed by atoms with Crippen LogP contribution in [0.1, 0.15) is 258 Å². The van der Waals surface area contributed by atoms with E-state index in [0.717, 1.165) is 128 Å². The van der Waals surface area contributed by atoms with Crippen LogP contribution in [0.2, 0.25) is 0 Å². The lowest BCUT2D eigenvalue weighted by Crippen LogP contribution is -2.30.